The third-order valence-electron chi connectivity index (χ3n) is 2.24. The third kappa shape index (κ3) is 3.07. The van der Waals surface area contributed by atoms with E-state index in [1.165, 1.54) is 11.5 Å². The third-order valence-corrected chi connectivity index (χ3v) is 4.88. The average molecular weight is 330 g/mol. The van der Waals surface area contributed by atoms with E-state index in [2.05, 4.69) is 38.3 Å². The zero-order valence-corrected chi connectivity index (χ0v) is 12.5. The Kier molecular flexibility index (Phi) is 4.55. The van der Waals surface area contributed by atoms with E-state index in [1.807, 2.05) is 12.1 Å². The van der Waals surface area contributed by atoms with Gasteiger partial charge in [-0.25, -0.2) is 4.98 Å². The molecular formula is C11H12BrN3S2. The number of halogens is 1. The van der Waals surface area contributed by atoms with E-state index < -0.39 is 0 Å². The van der Waals surface area contributed by atoms with E-state index >= 15 is 0 Å². The van der Waals surface area contributed by atoms with Gasteiger partial charge >= 0.3 is 0 Å². The number of nitrogens with zero attached hydrogens (tertiary/aromatic N) is 2. The maximum atomic E-state index is 5.76. The molecule has 0 aliphatic rings. The van der Waals surface area contributed by atoms with Crippen LogP contribution in [0.4, 0.5) is 0 Å². The van der Waals surface area contributed by atoms with E-state index in [1.54, 1.807) is 11.8 Å². The number of aryl methyl sites for hydroxylation is 1. The van der Waals surface area contributed by atoms with Gasteiger partial charge in [0.1, 0.15) is 5.82 Å². The van der Waals surface area contributed by atoms with Gasteiger partial charge in [-0.1, -0.05) is 40.7 Å². The monoisotopic (exact) mass is 329 g/mol. The highest BCUT2D eigenvalue weighted by Gasteiger charge is 2.09. The minimum absolute atomic E-state index is 0.517. The summed E-state index contributed by atoms with van der Waals surface area (Å²) in [5, 5.41) is 0. The summed E-state index contributed by atoms with van der Waals surface area (Å²) in [7, 11) is 0. The Labute approximate surface area is 117 Å². The molecular weight excluding hydrogens is 318 g/mol. The fraction of sp³-hybridized carbons (Fsp3) is 0.273. The number of hydrogen-bond acceptors (Lipinski definition) is 5. The quantitative estimate of drug-likeness (QED) is 0.933. The first-order valence-electron chi connectivity index (χ1n) is 5.22. The predicted molar refractivity (Wildman–Crippen MR) is 75.4 cm³/mol. The summed E-state index contributed by atoms with van der Waals surface area (Å²) in [5.74, 6) is 0.904. The molecule has 1 aromatic carbocycles. The maximum absolute atomic E-state index is 5.76. The van der Waals surface area contributed by atoms with Crippen LogP contribution in [-0.4, -0.2) is 9.36 Å². The molecule has 90 valence electrons. The second kappa shape index (κ2) is 5.95. The highest BCUT2D eigenvalue weighted by molar-refractivity contribution is 9.10. The minimum atomic E-state index is 0.517. The molecule has 0 saturated heterocycles. The fourth-order valence-corrected chi connectivity index (χ4v) is 3.84. The van der Waals surface area contributed by atoms with Gasteiger partial charge in [0, 0.05) is 22.3 Å². The molecule has 0 aliphatic carbocycles. The Morgan fingerprint density at radius 3 is 2.94 bits per heavy atom. The summed E-state index contributed by atoms with van der Waals surface area (Å²) in [6.45, 7) is 2.57. The Bertz CT molecular complexity index is 513. The van der Waals surface area contributed by atoms with Crippen LogP contribution < -0.4 is 5.73 Å². The van der Waals surface area contributed by atoms with Gasteiger partial charge in [-0.05, 0) is 29.2 Å². The lowest BCUT2D eigenvalue weighted by Gasteiger charge is -2.07. The molecule has 2 rings (SSSR count). The molecule has 0 atom stereocenters. The Morgan fingerprint density at radius 2 is 2.29 bits per heavy atom. The molecule has 0 radical (unpaired) electrons. The van der Waals surface area contributed by atoms with E-state index in [-0.39, 0.29) is 0 Å². The van der Waals surface area contributed by atoms with E-state index in [4.69, 9.17) is 5.73 Å². The molecule has 0 amide bonds. The predicted octanol–water partition coefficient (Wildman–Crippen LogP) is 3.47. The van der Waals surface area contributed by atoms with Crippen LogP contribution in [0.1, 0.15) is 18.3 Å². The van der Waals surface area contributed by atoms with Crippen molar-refractivity contribution in [2.24, 2.45) is 5.73 Å². The standard InChI is InChI=1S/C11H12BrN3S2/c1-2-10-14-11(17-15-10)16-9-5-3-4-8(12)7(9)6-13/h3-5H,2,6,13H2,1H3. The molecule has 6 heteroatoms. The first-order chi connectivity index (χ1) is 8.24. The lowest BCUT2D eigenvalue weighted by Crippen LogP contribution is -1.99. The number of aromatic nitrogens is 2. The number of nitrogens with two attached hydrogens (primary N) is 1. The Hall–Kier alpha value is -0.430. The maximum Gasteiger partial charge on any atom is 0.174 e. The molecule has 0 bridgehead atoms. The van der Waals surface area contributed by atoms with E-state index in [9.17, 15) is 0 Å². The molecule has 0 fully saturated rings. The van der Waals surface area contributed by atoms with Gasteiger partial charge in [0.15, 0.2) is 4.34 Å². The van der Waals surface area contributed by atoms with Gasteiger partial charge in [-0.15, -0.1) is 0 Å². The molecule has 0 saturated carbocycles. The van der Waals surface area contributed by atoms with Gasteiger partial charge in [0.25, 0.3) is 0 Å². The number of benzene rings is 1. The summed E-state index contributed by atoms with van der Waals surface area (Å²) in [6, 6.07) is 6.07. The number of rotatable bonds is 4. The van der Waals surface area contributed by atoms with Gasteiger partial charge in [0.05, 0.1) is 0 Å². The summed E-state index contributed by atoms with van der Waals surface area (Å²) >= 11 is 6.58. The highest BCUT2D eigenvalue weighted by Crippen LogP contribution is 2.34. The summed E-state index contributed by atoms with van der Waals surface area (Å²) in [5.41, 5.74) is 6.88. The van der Waals surface area contributed by atoms with Crippen molar-refractivity contribution >= 4 is 39.2 Å². The molecule has 1 heterocycles. The van der Waals surface area contributed by atoms with Crippen LogP contribution in [0.3, 0.4) is 0 Å². The van der Waals surface area contributed by atoms with Crippen molar-refractivity contribution in [3.05, 3.63) is 34.1 Å². The zero-order chi connectivity index (χ0) is 12.3. The molecule has 3 nitrogen and oxygen atoms in total. The second-order valence-electron chi connectivity index (χ2n) is 3.35. The first kappa shape index (κ1) is 13.0. The smallest absolute Gasteiger partial charge is 0.174 e. The molecule has 2 N–H and O–H groups in total. The highest BCUT2D eigenvalue weighted by atomic mass is 79.9. The molecule has 0 aliphatic heterocycles. The second-order valence-corrected chi connectivity index (χ2v) is 6.25. The van der Waals surface area contributed by atoms with Crippen molar-refractivity contribution in [2.45, 2.75) is 29.1 Å². The van der Waals surface area contributed by atoms with Gasteiger partial charge < -0.3 is 5.73 Å². The van der Waals surface area contributed by atoms with E-state index in [0.29, 0.717) is 6.54 Å². The summed E-state index contributed by atoms with van der Waals surface area (Å²) < 4.78 is 6.29. The van der Waals surface area contributed by atoms with Crippen molar-refractivity contribution in [3.8, 4) is 0 Å². The molecule has 0 unspecified atom stereocenters. The van der Waals surface area contributed by atoms with Gasteiger partial charge in [-0.2, -0.15) is 4.37 Å². The first-order valence-corrected chi connectivity index (χ1v) is 7.60. The fourth-order valence-electron chi connectivity index (χ4n) is 1.35. The van der Waals surface area contributed by atoms with Gasteiger partial charge in [0.2, 0.25) is 0 Å². The Morgan fingerprint density at radius 1 is 1.47 bits per heavy atom. The van der Waals surface area contributed by atoms with Crippen LogP contribution >= 0.6 is 39.2 Å². The van der Waals surface area contributed by atoms with Crippen LogP contribution in [0.25, 0.3) is 0 Å². The van der Waals surface area contributed by atoms with Crippen molar-refractivity contribution in [3.63, 3.8) is 0 Å². The van der Waals surface area contributed by atoms with Crippen molar-refractivity contribution in [2.75, 3.05) is 0 Å². The van der Waals surface area contributed by atoms with Crippen molar-refractivity contribution in [1.29, 1.82) is 0 Å². The van der Waals surface area contributed by atoms with E-state index in [0.717, 1.165) is 31.5 Å². The largest absolute Gasteiger partial charge is 0.326 e. The molecule has 1 aromatic heterocycles. The molecule has 17 heavy (non-hydrogen) atoms. The zero-order valence-electron chi connectivity index (χ0n) is 9.31. The number of hydrogen-bond donors (Lipinski definition) is 1. The van der Waals surface area contributed by atoms with Crippen LogP contribution in [0.5, 0.6) is 0 Å². The van der Waals surface area contributed by atoms with Crippen LogP contribution in [0.2, 0.25) is 0 Å². The minimum Gasteiger partial charge on any atom is -0.326 e. The SMILES string of the molecule is CCc1nsc(Sc2cccc(Br)c2CN)n1. The van der Waals surface area contributed by atoms with Gasteiger partial charge in [-0.3, -0.25) is 0 Å². The van der Waals surface area contributed by atoms with Crippen molar-refractivity contribution in [1.82, 2.24) is 9.36 Å². The van der Waals surface area contributed by atoms with Crippen LogP contribution in [-0.2, 0) is 13.0 Å². The average Bonchev–Trinajstić information content (AvgIpc) is 2.77. The van der Waals surface area contributed by atoms with Crippen LogP contribution in [0, 0.1) is 0 Å². The molecule has 0 spiro atoms. The lowest BCUT2D eigenvalue weighted by atomic mass is 10.2. The van der Waals surface area contributed by atoms with Crippen LogP contribution in [0.15, 0.2) is 31.9 Å². The summed E-state index contributed by atoms with van der Waals surface area (Å²) in [6.07, 6.45) is 0.874. The topological polar surface area (TPSA) is 51.8 Å². The lowest BCUT2D eigenvalue weighted by molar-refractivity contribution is 0.969. The normalized spacial score (nSPS) is 10.8. The summed E-state index contributed by atoms with van der Waals surface area (Å²) in [4.78, 5) is 5.58. The Balaban J connectivity index is 2.26. The van der Waals surface area contributed by atoms with Crippen molar-refractivity contribution < 1.29 is 0 Å². The molecule has 2 aromatic rings.